The predicted molar refractivity (Wildman–Crippen MR) is 79.1 cm³/mol. The zero-order valence-electron chi connectivity index (χ0n) is 12.0. The summed E-state index contributed by atoms with van der Waals surface area (Å²) in [5, 5.41) is 9.26. The van der Waals surface area contributed by atoms with Gasteiger partial charge in [0.1, 0.15) is 0 Å². The summed E-state index contributed by atoms with van der Waals surface area (Å²) in [7, 11) is -1.41. The molecule has 0 fully saturated rings. The Labute approximate surface area is 120 Å². The Balaban J connectivity index is 2.18. The third-order valence-electron chi connectivity index (χ3n) is 3.32. The lowest BCUT2D eigenvalue weighted by atomic mass is 10.1. The second-order valence-corrected chi connectivity index (χ2v) is 11.9. The molecule has 1 unspecified atom stereocenters. The van der Waals surface area contributed by atoms with E-state index in [0.29, 0.717) is 11.1 Å². The smallest absolute Gasteiger partial charge is 0.261 e. The Kier molecular flexibility index (Phi) is 3.77. The van der Waals surface area contributed by atoms with Crippen LogP contribution in [0.25, 0.3) is 0 Å². The molecule has 0 saturated heterocycles. The zero-order valence-corrected chi connectivity index (χ0v) is 13.0. The molecule has 0 aliphatic carbocycles. The fourth-order valence-electron chi connectivity index (χ4n) is 2.52. The van der Waals surface area contributed by atoms with Crippen molar-refractivity contribution in [2.45, 2.75) is 25.7 Å². The van der Waals surface area contributed by atoms with Crippen LogP contribution in [0.5, 0.6) is 0 Å². The topological polar surface area (TPSA) is 61.2 Å². The molecule has 0 saturated carbocycles. The Bertz CT molecular complexity index is 564. The Morgan fingerprint density at radius 1 is 1.15 bits per heavy atom. The number of rotatable bonds is 4. The summed E-state index contributed by atoms with van der Waals surface area (Å²) < 4.78 is 0. The zero-order chi connectivity index (χ0) is 14.9. The molecule has 0 bridgehead atoms. The van der Waals surface area contributed by atoms with E-state index in [4.69, 9.17) is 0 Å². The molecule has 1 aliphatic rings. The molecule has 1 heterocycles. The largest absolute Gasteiger partial charge is 0.273 e. The molecule has 1 atom stereocenters. The van der Waals surface area contributed by atoms with E-state index in [-0.39, 0.29) is 24.3 Å². The number of hydrogen-bond donors (Lipinski definition) is 0. The minimum atomic E-state index is -1.41. The van der Waals surface area contributed by atoms with Crippen LogP contribution < -0.4 is 0 Å². The number of hydrogen-bond acceptors (Lipinski definition) is 3. The van der Waals surface area contributed by atoms with Crippen LogP contribution in [-0.2, 0) is 0 Å². The first-order chi connectivity index (χ1) is 9.33. The first kappa shape index (κ1) is 14.5. The van der Waals surface area contributed by atoms with Crippen LogP contribution in [0.15, 0.2) is 24.3 Å². The van der Waals surface area contributed by atoms with Gasteiger partial charge in [-0.1, -0.05) is 31.8 Å². The van der Waals surface area contributed by atoms with Gasteiger partial charge in [0, 0.05) is 14.6 Å². The van der Waals surface area contributed by atoms with Crippen LogP contribution in [0.2, 0.25) is 25.7 Å². The van der Waals surface area contributed by atoms with E-state index in [1.54, 1.807) is 24.3 Å². The van der Waals surface area contributed by atoms with Gasteiger partial charge < -0.3 is 0 Å². The lowest BCUT2D eigenvalue weighted by Gasteiger charge is -2.23. The van der Waals surface area contributed by atoms with Crippen LogP contribution >= 0.6 is 0 Å². The first-order valence-electron chi connectivity index (χ1n) is 6.68. The molecule has 20 heavy (non-hydrogen) atoms. The van der Waals surface area contributed by atoms with Gasteiger partial charge in [0.15, 0.2) is 0 Å². The van der Waals surface area contributed by atoms with E-state index in [2.05, 4.69) is 25.7 Å². The molecule has 0 aromatic heterocycles. The molecule has 5 heteroatoms. The van der Waals surface area contributed by atoms with Crippen LogP contribution in [0, 0.1) is 17.2 Å². The lowest BCUT2D eigenvalue weighted by Crippen LogP contribution is -2.36. The molecule has 0 N–H and O–H groups in total. The molecule has 4 nitrogen and oxygen atoms in total. The summed E-state index contributed by atoms with van der Waals surface area (Å²) in [5.74, 6) is -0.827. The second-order valence-electron chi connectivity index (χ2n) is 6.36. The van der Waals surface area contributed by atoms with Crippen LogP contribution in [0.1, 0.15) is 20.7 Å². The number of fused-ring (bicyclic) bond motifs is 1. The van der Waals surface area contributed by atoms with Crippen LogP contribution in [0.4, 0.5) is 0 Å². The van der Waals surface area contributed by atoms with Gasteiger partial charge in [0.25, 0.3) is 11.8 Å². The molecule has 2 amide bonds. The van der Waals surface area contributed by atoms with Gasteiger partial charge in [-0.2, -0.15) is 5.26 Å². The normalized spacial score (nSPS) is 16.0. The summed E-state index contributed by atoms with van der Waals surface area (Å²) in [6.45, 7) is 6.74. The van der Waals surface area contributed by atoms with Gasteiger partial charge in [-0.15, -0.1) is 0 Å². The molecule has 1 aromatic rings. The van der Waals surface area contributed by atoms with Crippen LogP contribution in [-0.4, -0.2) is 31.3 Å². The average molecular weight is 286 g/mol. The fraction of sp³-hybridized carbons (Fsp3) is 0.400. The van der Waals surface area contributed by atoms with E-state index in [0.717, 1.165) is 6.04 Å². The van der Waals surface area contributed by atoms with Crippen molar-refractivity contribution in [3.63, 3.8) is 0 Å². The highest BCUT2D eigenvalue weighted by molar-refractivity contribution is 6.76. The van der Waals surface area contributed by atoms with Gasteiger partial charge in [-0.25, -0.2) is 0 Å². The van der Waals surface area contributed by atoms with Crippen molar-refractivity contribution in [3.05, 3.63) is 35.4 Å². The molecule has 0 radical (unpaired) electrons. The van der Waals surface area contributed by atoms with Crippen molar-refractivity contribution >= 4 is 19.9 Å². The van der Waals surface area contributed by atoms with Gasteiger partial charge >= 0.3 is 0 Å². The predicted octanol–water partition coefficient (Wildman–Crippen LogP) is 2.76. The molecule has 104 valence electrons. The first-order valence-corrected chi connectivity index (χ1v) is 10.4. The van der Waals surface area contributed by atoms with Gasteiger partial charge in [0.2, 0.25) is 0 Å². The number of nitriles is 1. The highest BCUT2D eigenvalue weighted by Crippen LogP contribution is 2.25. The van der Waals surface area contributed by atoms with Crippen molar-refractivity contribution in [1.82, 2.24) is 4.90 Å². The maximum absolute atomic E-state index is 12.2. The number of nitrogens with zero attached hydrogens (tertiary/aromatic N) is 2. The van der Waals surface area contributed by atoms with Gasteiger partial charge in [0.05, 0.1) is 23.1 Å². The quantitative estimate of drug-likeness (QED) is 0.631. The van der Waals surface area contributed by atoms with Crippen molar-refractivity contribution in [2.24, 2.45) is 5.92 Å². The molecular formula is C15H18N2O2Si. The Morgan fingerprint density at radius 3 is 2.05 bits per heavy atom. The number of carbonyl (C=O) groups excluding carboxylic acids is 2. The van der Waals surface area contributed by atoms with Crippen molar-refractivity contribution in [2.75, 3.05) is 6.54 Å². The third kappa shape index (κ3) is 2.80. The highest BCUT2D eigenvalue weighted by Gasteiger charge is 2.37. The second kappa shape index (κ2) is 5.21. The molecule has 0 spiro atoms. The Hall–Kier alpha value is -1.93. The van der Waals surface area contributed by atoms with Crippen molar-refractivity contribution in [1.29, 1.82) is 5.26 Å². The fourth-order valence-corrected chi connectivity index (χ4v) is 4.21. The minimum Gasteiger partial charge on any atom is -0.273 e. The average Bonchev–Trinajstić information content (AvgIpc) is 2.62. The highest BCUT2D eigenvalue weighted by atomic mass is 28.3. The summed E-state index contributed by atoms with van der Waals surface area (Å²) in [5.41, 5.74) is 0.893. The molecule has 2 rings (SSSR count). The minimum absolute atomic E-state index is 0.202. The summed E-state index contributed by atoms with van der Waals surface area (Å²) in [4.78, 5) is 25.7. The van der Waals surface area contributed by atoms with E-state index >= 15 is 0 Å². The number of carbonyl (C=O) groups is 2. The van der Waals surface area contributed by atoms with E-state index < -0.39 is 8.07 Å². The van der Waals surface area contributed by atoms with Gasteiger partial charge in [-0.3, -0.25) is 14.5 Å². The van der Waals surface area contributed by atoms with E-state index in [9.17, 15) is 14.9 Å². The summed E-state index contributed by atoms with van der Waals surface area (Å²) >= 11 is 0. The maximum Gasteiger partial charge on any atom is 0.261 e. The SMILES string of the molecule is C[Si](C)(C)CC(C#N)CN1C(=O)c2ccccc2C1=O. The number of amides is 2. The molecular weight excluding hydrogens is 268 g/mol. The number of imide groups is 1. The monoisotopic (exact) mass is 286 g/mol. The third-order valence-corrected chi connectivity index (χ3v) is 5.04. The lowest BCUT2D eigenvalue weighted by molar-refractivity contribution is 0.0642. The maximum atomic E-state index is 12.2. The van der Waals surface area contributed by atoms with Crippen LogP contribution in [0.3, 0.4) is 0 Å². The van der Waals surface area contributed by atoms with Crippen molar-refractivity contribution < 1.29 is 9.59 Å². The summed E-state index contributed by atoms with van der Waals surface area (Å²) in [6.07, 6.45) is 0. The summed E-state index contributed by atoms with van der Waals surface area (Å²) in [6, 6.07) is 9.85. The Morgan fingerprint density at radius 2 is 1.65 bits per heavy atom. The molecule has 1 aliphatic heterocycles. The van der Waals surface area contributed by atoms with E-state index in [1.807, 2.05) is 0 Å². The van der Waals surface area contributed by atoms with Gasteiger partial charge in [-0.05, 0) is 18.2 Å². The molecule has 1 aromatic carbocycles. The van der Waals surface area contributed by atoms with E-state index in [1.165, 1.54) is 4.90 Å². The van der Waals surface area contributed by atoms with Crippen molar-refractivity contribution in [3.8, 4) is 6.07 Å². The number of benzene rings is 1. The standard InChI is InChI=1S/C15H18N2O2Si/c1-20(2,3)10-11(8-16)9-17-14(18)12-6-4-5-7-13(12)15(17)19/h4-7,11H,9-10H2,1-3H3.